The lowest BCUT2D eigenvalue weighted by Gasteiger charge is -2.63. The average molecular weight is 605 g/mol. The second-order valence-corrected chi connectivity index (χ2v) is 13.9. The first-order valence-corrected chi connectivity index (χ1v) is 15.8. The number of methoxy groups -OCH3 is 2. The number of hydrogen-bond acceptors (Lipinski definition) is 8. The number of hydrogen-bond donors (Lipinski definition) is 2. The summed E-state index contributed by atoms with van der Waals surface area (Å²) in [5.74, 6) is 1.49. The number of carbonyl (C=O) groups is 1. The fourth-order valence-electron chi connectivity index (χ4n) is 7.92. The van der Waals surface area contributed by atoms with Crippen molar-refractivity contribution in [2.75, 3.05) is 51.8 Å². The van der Waals surface area contributed by atoms with Crippen molar-refractivity contribution in [3.05, 3.63) is 53.6 Å². The average Bonchev–Trinajstić information content (AvgIpc) is 3.03. The third-order valence-electron chi connectivity index (χ3n) is 10.2. The highest BCUT2D eigenvalue weighted by molar-refractivity contribution is 5.95. The van der Waals surface area contributed by atoms with E-state index in [2.05, 4.69) is 48.9 Å². The van der Waals surface area contributed by atoms with Gasteiger partial charge in [0.1, 0.15) is 23.7 Å². The van der Waals surface area contributed by atoms with Gasteiger partial charge < -0.3 is 34.4 Å². The van der Waals surface area contributed by atoms with Crippen molar-refractivity contribution in [2.24, 2.45) is 16.7 Å². The lowest BCUT2D eigenvalue weighted by atomic mass is 9.49. The summed E-state index contributed by atoms with van der Waals surface area (Å²) in [7, 11) is 3.34. The Labute approximate surface area is 262 Å². The predicted octanol–water partition coefficient (Wildman–Crippen LogP) is 4.48. The highest BCUT2D eigenvalue weighted by Crippen LogP contribution is 2.55. The number of nitrogens with one attached hydrogen (secondary N) is 1. The van der Waals surface area contributed by atoms with E-state index in [1.54, 1.807) is 32.4 Å². The van der Waals surface area contributed by atoms with E-state index >= 15 is 0 Å². The van der Waals surface area contributed by atoms with Crippen LogP contribution in [0.3, 0.4) is 0 Å². The van der Waals surface area contributed by atoms with Crippen molar-refractivity contribution >= 4 is 11.6 Å². The van der Waals surface area contributed by atoms with Crippen LogP contribution in [-0.4, -0.2) is 87.2 Å². The quantitative estimate of drug-likeness (QED) is 0.432. The van der Waals surface area contributed by atoms with Crippen LogP contribution >= 0.6 is 0 Å². The molecule has 44 heavy (non-hydrogen) atoms. The van der Waals surface area contributed by atoms with Crippen molar-refractivity contribution in [3.63, 3.8) is 0 Å². The molecule has 0 radical (unpaired) electrons. The molecule has 0 unspecified atom stereocenters. The van der Waals surface area contributed by atoms with Gasteiger partial charge in [0, 0.05) is 79.9 Å². The maximum Gasteiger partial charge on any atom is 0.251 e. The zero-order chi connectivity index (χ0) is 31.6. The molecule has 2 heterocycles. The van der Waals surface area contributed by atoms with Gasteiger partial charge in [0.25, 0.3) is 5.91 Å². The van der Waals surface area contributed by atoms with E-state index in [-0.39, 0.29) is 41.1 Å². The highest BCUT2D eigenvalue weighted by atomic mass is 16.5. The topological polar surface area (TPSA) is 107 Å². The van der Waals surface area contributed by atoms with Crippen molar-refractivity contribution in [1.29, 1.82) is 5.26 Å². The van der Waals surface area contributed by atoms with Gasteiger partial charge in [0.05, 0.1) is 24.9 Å². The number of nitriles is 1. The van der Waals surface area contributed by atoms with Crippen molar-refractivity contribution in [3.8, 4) is 17.6 Å². The summed E-state index contributed by atoms with van der Waals surface area (Å²) in [5, 5.41) is 22.4. The molecular formula is C35H48N4O5. The van der Waals surface area contributed by atoms with Crippen LogP contribution in [0, 0.1) is 28.1 Å². The number of anilines is 1. The zero-order valence-electron chi connectivity index (χ0n) is 27.0. The maximum atomic E-state index is 13.4. The lowest BCUT2D eigenvalue weighted by molar-refractivity contribution is -0.164. The van der Waals surface area contributed by atoms with E-state index in [0.717, 1.165) is 57.7 Å². The number of ether oxygens (including phenoxy) is 3. The summed E-state index contributed by atoms with van der Waals surface area (Å²) in [6.07, 6.45) is 2.59. The van der Waals surface area contributed by atoms with Gasteiger partial charge in [-0.1, -0.05) is 27.7 Å². The summed E-state index contributed by atoms with van der Waals surface area (Å²) in [5.41, 5.74) is 1.54. The van der Waals surface area contributed by atoms with Crippen LogP contribution in [0.4, 0.5) is 5.69 Å². The first-order valence-electron chi connectivity index (χ1n) is 15.8. The van der Waals surface area contributed by atoms with Crippen LogP contribution in [0.1, 0.15) is 62.9 Å². The molecule has 2 aliphatic heterocycles. The minimum absolute atomic E-state index is 0.0960. The molecule has 2 N–H and O–H groups in total. The van der Waals surface area contributed by atoms with E-state index in [1.807, 2.05) is 24.3 Å². The third kappa shape index (κ3) is 6.39. The minimum atomic E-state index is -0.326. The predicted molar refractivity (Wildman–Crippen MR) is 170 cm³/mol. The molecule has 1 amide bonds. The van der Waals surface area contributed by atoms with Crippen LogP contribution in [0.5, 0.6) is 11.5 Å². The van der Waals surface area contributed by atoms with Crippen LogP contribution < -0.4 is 19.7 Å². The number of benzene rings is 2. The van der Waals surface area contributed by atoms with Crippen LogP contribution in [0.15, 0.2) is 42.5 Å². The first kappa shape index (κ1) is 32.1. The Balaban J connectivity index is 1.18. The monoisotopic (exact) mass is 604 g/mol. The SMILES string of the molecule is COc1cc(OC2C(C)(C)C(NC(=O)c3ccc(N4CC[C@H](CN5CCC(O)CC5)[C@H](OC)C4)cc3)C2(C)C)ccc1C#N. The van der Waals surface area contributed by atoms with E-state index in [0.29, 0.717) is 28.5 Å². The molecule has 5 rings (SSSR count). The molecular weight excluding hydrogens is 556 g/mol. The molecule has 2 aromatic carbocycles. The number of piperidine rings is 2. The normalized spacial score (nSPS) is 26.7. The minimum Gasteiger partial charge on any atom is -0.495 e. The Hall–Kier alpha value is -3.32. The van der Waals surface area contributed by atoms with Crippen molar-refractivity contribution in [1.82, 2.24) is 10.2 Å². The molecule has 0 spiro atoms. The first-order chi connectivity index (χ1) is 21.0. The second kappa shape index (κ2) is 13.0. The molecule has 0 aromatic heterocycles. The lowest BCUT2D eigenvalue weighted by Crippen LogP contribution is -2.74. The largest absolute Gasteiger partial charge is 0.495 e. The fourth-order valence-corrected chi connectivity index (χ4v) is 7.92. The van der Waals surface area contributed by atoms with Gasteiger partial charge in [0.15, 0.2) is 0 Å². The summed E-state index contributed by atoms with van der Waals surface area (Å²) >= 11 is 0. The van der Waals surface area contributed by atoms with Crippen LogP contribution in [0.2, 0.25) is 0 Å². The number of nitrogens with zero attached hydrogens (tertiary/aromatic N) is 3. The molecule has 3 aliphatic rings. The maximum absolute atomic E-state index is 13.4. The molecule has 2 aromatic rings. The van der Waals surface area contributed by atoms with Gasteiger partial charge in [-0.15, -0.1) is 0 Å². The van der Waals surface area contributed by atoms with Crippen LogP contribution in [-0.2, 0) is 4.74 Å². The van der Waals surface area contributed by atoms with E-state index < -0.39 is 0 Å². The number of carbonyl (C=O) groups excluding carboxylic acids is 1. The molecule has 1 aliphatic carbocycles. The van der Waals surface area contributed by atoms with E-state index in [9.17, 15) is 15.2 Å². The number of amides is 1. The van der Waals surface area contributed by atoms with Crippen molar-refractivity contribution < 1.29 is 24.1 Å². The Morgan fingerprint density at radius 3 is 2.32 bits per heavy atom. The molecule has 9 heteroatoms. The highest BCUT2D eigenvalue weighted by Gasteiger charge is 2.64. The van der Waals surface area contributed by atoms with E-state index in [4.69, 9.17) is 14.2 Å². The molecule has 0 bridgehead atoms. The van der Waals surface area contributed by atoms with Gasteiger partial charge in [-0.3, -0.25) is 4.79 Å². The van der Waals surface area contributed by atoms with Gasteiger partial charge >= 0.3 is 0 Å². The summed E-state index contributed by atoms with van der Waals surface area (Å²) in [4.78, 5) is 18.2. The Kier molecular flexibility index (Phi) is 9.45. The smallest absolute Gasteiger partial charge is 0.251 e. The summed E-state index contributed by atoms with van der Waals surface area (Å²) in [6.45, 7) is 13.1. The molecule has 3 fully saturated rings. The Morgan fingerprint density at radius 1 is 1.02 bits per heavy atom. The van der Waals surface area contributed by atoms with Gasteiger partial charge in [0.2, 0.25) is 0 Å². The van der Waals surface area contributed by atoms with Gasteiger partial charge in [-0.05, 0) is 55.7 Å². The fraction of sp³-hybridized carbons (Fsp3) is 0.600. The van der Waals surface area contributed by atoms with E-state index in [1.165, 1.54) is 0 Å². The molecule has 9 nitrogen and oxygen atoms in total. The third-order valence-corrected chi connectivity index (χ3v) is 10.2. The molecule has 2 atom stereocenters. The molecule has 1 saturated carbocycles. The second-order valence-electron chi connectivity index (χ2n) is 13.9. The number of aliphatic hydroxyl groups is 1. The van der Waals surface area contributed by atoms with Crippen LogP contribution in [0.25, 0.3) is 0 Å². The Morgan fingerprint density at radius 2 is 1.70 bits per heavy atom. The summed E-state index contributed by atoms with van der Waals surface area (Å²) < 4.78 is 17.7. The van der Waals surface area contributed by atoms with Crippen molar-refractivity contribution in [2.45, 2.75) is 71.3 Å². The number of rotatable bonds is 9. The van der Waals surface area contributed by atoms with Gasteiger partial charge in [-0.2, -0.15) is 5.26 Å². The molecule has 2 saturated heterocycles. The zero-order valence-corrected chi connectivity index (χ0v) is 27.0. The Bertz CT molecular complexity index is 1330. The standard InChI is InChI=1S/C35H48N4O5/c1-34(2)32(35(3,4)33(34)44-28-12-9-24(20-36)29(19-28)42-5)37-31(41)23-7-10-26(11-8-23)39-18-13-25(30(22-39)43-6)21-38-16-14-27(40)15-17-38/h7-12,19,25,27,30,32-33,40H,13-18,21-22H2,1-6H3,(H,37,41)/t25-,30-,32?,33?/m1/s1. The summed E-state index contributed by atoms with van der Waals surface area (Å²) in [6, 6.07) is 15.2. The number of likely N-dealkylation sites (tertiary alicyclic amines) is 1. The molecule has 238 valence electrons. The van der Waals surface area contributed by atoms with Gasteiger partial charge in [-0.25, -0.2) is 0 Å². The number of aliphatic hydroxyl groups excluding tert-OH is 1.